The van der Waals surface area contributed by atoms with Crippen LogP contribution in [0.5, 0.6) is 0 Å². The molecule has 1 fully saturated rings. The number of hydrogen-bond acceptors (Lipinski definition) is 2. The van der Waals surface area contributed by atoms with Crippen LogP contribution in [0.25, 0.3) is 5.65 Å². The van der Waals surface area contributed by atoms with Gasteiger partial charge in [-0.05, 0) is 31.7 Å². The Morgan fingerprint density at radius 2 is 2.27 bits per heavy atom. The Labute approximate surface area is 93.1 Å². The molecule has 2 aromatic rings. The Morgan fingerprint density at radius 3 is 3.00 bits per heavy atom. The second-order valence-electron chi connectivity index (χ2n) is 4.25. The lowest BCUT2D eigenvalue weighted by molar-refractivity contribution is 0.758. The minimum Gasteiger partial charge on any atom is -0.286 e. The molecule has 0 radical (unpaired) electrons. The number of aryl methyl sites for hydroxylation is 1. The highest BCUT2D eigenvalue weighted by molar-refractivity contribution is 6.31. The molecule has 1 saturated carbocycles. The quantitative estimate of drug-likeness (QED) is 0.781. The van der Waals surface area contributed by atoms with Crippen LogP contribution in [0.3, 0.4) is 0 Å². The summed E-state index contributed by atoms with van der Waals surface area (Å²) in [6.45, 7) is 1.98. The summed E-state index contributed by atoms with van der Waals surface area (Å²) in [7, 11) is 0. The molecule has 2 aromatic heterocycles. The van der Waals surface area contributed by atoms with Gasteiger partial charge in [0.05, 0.1) is 0 Å². The van der Waals surface area contributed by atoms with Crippen LogP contribution in [0.2, 0.25) is 5.02 Å². The van der Waals surface area contributed by atoms with Crippen LogP contribution in [0.4, 0.5) is 0 Å². The summed E-state index contributed by atoms with van der Waals surface area (Å²) >= 11 is 6.03. The number of rotatable bonds is 2. The fraction of sp³-hybridized carbons (Fsp3) is 0.455. The molecule has 0 saturated heterocycles. The van der Waals surface area contributed by atoms with Gasteiger partial charge < -0.3 is 0 Å². The molecule has 0 aliphatic heterocycles. The smallest absolute Gasteiger partial charge is 0.165 e. The Kier molecular flexibility index (Phi) is 1.96. The molecule has 0 bridgehead atoms. The maximum atomic E-state index is 6.03. The van der Waals surface area contributed by atoms with Crippen molar-refractivity contribution in [2.45, 2.75) is 26.2 Å². The maximum Gasteiger partial charge on any atom is 0.165 e. The zero-order valence-electron chi connectivity index (χ0n) is 8.57. The number of pyridine rings is 1. The van der Waals surface area contributed by atoms with Crippen molar-refractivity contribution in [2.75, 3.05) is 0 Å². The molecule has 0 spiro atoms. The summed E-state index contributed by atoms with van der Waals surface area (Å²) in [5, 5.41) is 9.18. The minimum atomic E-state index is 0.757. The minimum absolute atomic E-state index is 0.757. The van der Waals surface area contributed by atoms with E-state index in [4.69, 9.17) is 11.6 Å². The second-order valence-corrected chi connectivity index (χ2v) is 4.65. The van der Waals surface area contributed by atoms with E-state index in [9.17, 15) is 0 Å². The zero-order valence-corrected chi connectivity index (χ0v) is 9.33. The van der Waals surface area contributed by atoms with E-state index in [2.05, 4.69) is 14.6 Å². The van der Waals surface area contributed by atoms with Crippen LogP contribution in [0, 0.1) is 12.8 Å². The van der Waals surface area contributed by atoms with E-state index in [1.54, 1.807) is 0 Å². The lowest BCUT2D eigenvalue weighted by Gasteiger charge is -2.01. The number of nitrogens with zero attached hydrogens (tertiary/aromatic N) is 3. The third-order valence-electron chi connectivity index (χ3n) is 3.00. The fourth-order valence-corrected chi connectivity index (χ4v) is 1.97. The molecule has 0 aromatic carbocycles. The Morgan fingerprint density at radius 1 is 1.47 bits per heavy atom. The maximum absolute atomic E-state index is 6.03. The average Bonchev–Trinajstić information content (AvgIpc) is 2.93. The predicted octanol–water partition coefficient (Wildman–Crippen LogP) is 2.64. The standard InChI is InChI=1S/C11H12ClN3/c1-7-9(12)4-5-15-10(6-8-2-3-8)13-14-11(7)15/h4-5,8H,2-3,6H2,1H3. The van der Waals surface area contributed by atoms with Gasteiger partial charge in [-0.25, -0.2) is 0 Å². The summed E-state index contributed by atoms with van der Waals surface area (Å²) < 4.78 is 2.06. The van der Waals surface area contributed by atoms with Gasteiger partial charge >= 0.3 is 0 Å². The zero-order chi connectivity index (χ0) is 10.4. The lowest BCUT2D eigenvalue weighted by Crippen LogP contribution is -1.96. The molecule has 0 atom stereocenters. The van der Waals surface area contributed by atoms with E-state index in [0.717, 1.165) is 34.4 Å². The van der Waals surface area contributed by atoms with Gasteiger partial charge in [0.25, 0.3) is 0 Å². The largest absolute Gasteiger partial charge is 0.286 e. The van der Waals surface area contributed by atoms with E-state index in [1.165, 1.54) is 12.8 Å². The number of hydrogen-bond donors (Lipinski definition) is 0. The molecule has 3 rings (SSSR count). The first-order valence-corrected chi connectivity index (χ1v) is 5.62. The van der Waals surface area contributed by atoms with Crippen LogP contribution < -0.4 is 0 Å². The summed E-state index contributed by atoms with van der Waals surface area (Å²) in [6, 6.07) is 1.91. The van der Waals surface area contributed by atoms with Crippen molar-refractivity contribution in [2.24, 2.45) is 5.92 Å². The fourth-order valence-electron chi connectivity index (χ4n) is 1.83. The molecule has 78 valence electrons. The van der Waals surface area contributed by atoms with Crippen molar-refractivity contribution >= 4 is 17.2 Å². The Bertz CT molecular complexity index is 514. The lowest BCUT2D eigenvalue weighted by atomic mass is 10.2. The van der Waals surface area contributed by atoms with Gasteiger partial charge in [-0.1, -0.05) is 11.6 Å². The molecule has 3 nitrogen and oxygen atoms in total. The Hall–Kier alpha value is -1.09. The SMILES string of the molecule is Cc1c(Cl)ccn2c(CC3CC3)nnc12. The third-order valence-corrected chi connectivity index (χ3v) is 3.41. The third kappa shape index (κ3) is 1.51. The number of fused-ring (bicyclic) bond motifs is 1. The Balaban J connectivity index is 2.12. The van der Waals surface area contributed by atoms with Gasteiger partial charge in [-0.15, -0.1) is 10.2 Å². The van der Waals surface area contributed by atoms with E-state index >= 15 is 0 Å². The van der Waals surface area contributed by atoms with Crippen molar-refractivity contribution in [3.63, 3.8) is 0 Å². The van der Waals surface area contributed by atoms with Gasteiger partial charge in [-0.2, -0.15) is 0 Å². The monoisotopic (exact) mass is 221 g/mol. The topological polar surface area (TPSA) is 30.2 Å². The van der Waals surface area contributed by atoms with E-state index in [-0.39, 0.29) is 0 Å². The summed E-state index contributed by atoms with van der Waals surface area (Å²) in [6.07, 6.45) is 5.67. The molecule has 0 N–H and O–H groups in total. The molecule has 4 heteroatoms. The van der Waals surface area contributed by atoms with Gasteiger partial charge in [0.1, 0.15) is 5.82 Å². The van der Waals surface area contributed by atoms with Crippen molar-refractivity contribution < 1.29 is 0 Å². The normalized spacial score (nSPS) is 16.1. The first-order chi connectivity index (χ1) is 7.25. The molecule has 0 amide bonds. The molecular formula is C11H12ClN3. The van der Waals surface area contributed by atoms with Crippen molar-refractivity contribution in [3.8, 4) is 0 Å². The van der Waals surface area contributed by atoms with E-state index in [0.29, 0.717) is 0 Å². The molecule has 15 heavy (non-hydrogen) atoms. The molecule has 0 unspecified atom stereocenters. The molecule has 1 aliphatic carbocycles. The number of halogens is 1. The molecular weight excluding hydrogens is 210 g/mol. The van der Waals surface area contributed by atoms with Gasteiger partial charge in [0, 0.05) is 23.2 Å². The first kappa shape index (κ1) is 9.16. The first-order valence-electron chi connectivity index (χ1n) is 5.24. The van der Waals surface area contributed by atoms with E-state index in [1.807, 2.05) is 19.2 Å². The highest BCUT2D eigenvalue weighted by Crippen LogP contribution is 2.32. The number of aromatic nitrogens is 3. The van der Waals surface area contributed by atoms with Crippen molar-refractivity contribution in [1.82, 2.24) is 14.6 Å². The van der Waals surface area contributed by atoms with Gasteiger partial charge in [0.15, 0.2) is 5.65 Å². The molecule has 1 aliphatic rings. The van der Waals surface area contributed by atoms with Crippen molar-refractivity contribution in [1.29, 1.82) is 0 Å². The highest BCUT2D eigenvalue weighted by atomic mass is 35.5. The predicted molar refractivity (Wildman–Crippen MR) is 59.2 cm³/mol. The van der Waals surface area contributed by atoms with Crippen LogP contribution in [0.15, 0.2) is 12.3 Å². The van der Waals surface area contributed by atoms with Crippen molar-refractivity contribution in [3.05, 3.63) is 28.7 Å². The second kappa shape index (κ2) is 3.20. The summed E-state index contributed by atoms with van der Waals surface area (Å²) in [5.74, 6) is 1.89. The summed E-state index contributed by atoms with van der Waals surface area (Å²) in [4.78, 5) is 0. The highest BCUT2D eigenvalue weighted by Gasteiger charge is 2.24. The van der Waals surface area contributed by atoms with E-state index < -0.39 is 0 Å². The van der Waals surface area contributed by atoms with Crippen LogP contribution >= 0.6 is 11.6 Å². The van der Waals surface area contributed by atoms with Crippen LogP contribution in [0.1, 0.15) is 24.2 Å². The van der Waals surface area contributed by atoms with Crippen LogP contribution in [-0.2, 0) is 6.42 Å². The molecule has 2 heterocycles. The summed E-state index contributed by atoms with van der Waals surface area (Å²) in [5.41, 5.74) is 1.90. The van der Waals surface area contributed by atoms with Gasteiger partial charge in [-0.3, -0.25) is 4.40 Å². The van der Waals surface area contributed by atoms with Crippen LogP contribution in [-0.4, -0.2) is 14.6 Å². The van der Waals surface area contributed by atoms with Gasteiger partial charge in [0.2, 0.25) is 0 Å². The average molecular weight is 222 g/mol.